The van der Waals surface area contributed by atoms with Gasteiger partial charge < -0.3 is 4.74 Å². The summed E-state index contributed by atoms with van der Waals surface area (Å²) in [5, 5.41) is 0. The van der Waals surface area contributed by atoms with Crippen LogP contribution in [0, 0.1) is 6.92 Å². The SMILES string of the molecule is CCOC(=O)N(CC)c1ccc(C)cc1. The van der Waals surface area contributed by atoms with E-state index in [1.807, 2.05) is 38.1 Å². The molecule has 82 valence electrons. The van der Waals surface area contributed by atoms with Gasteiger partial charge in [0.1, 0.15) is 0 Å². The van der Waals surface area contributed by atoms with Crippen LogP contribution in [0.2, 0.25) is 0 Å². The second kappa shape index (κ2) is 5.39. The highest BCUT2D eigenvalue weighted by Crippen LogP contribution is 2.15. The Bertz CT molecular complexity index is 319. The van der Waals surface area contributed by atoms with Crippen molar-refractivity contribution in [1.82, 2.24) is 0 Å². The van der Waals surface area contributed by atoms with E-state index in [0.29, 0.717) is 13.2 Å². The van der Waals surface area contributed by atoms with E-state index in [-0.39, 0.29) is 6.09 Å². The molecule has 0 spiro atoms. The van der Waals surface area contributed by atoms with Crippen LogP contribution in [0.5, 0.6) is 0 Å². The average molecular weight is 207 g/mol. The zero-order chi connectivity index (χ0) is 11.3. The molecule has 1 aromatic rings. The predicted molar refractivity (Wildman–Crippen MR) is 61.2 cm³/mol. The molecule has 1 aromatic carbocycles. The number of carbonyl (C=O) groups is 1. The summed E-state index contributed by atoms with van der Waals surface area (Å²) < 4.78 is 4.97. The number of carbonyl (C=O) groups excluding carboxylic acids is 1. The highest BCUT2D eigenvalue weighted by molar-refractivity contribution is 5.87. The molecule has 0 atom stereocenters. The van der Waals surface area contributed by atoms with Gasteiger partial charge in [0.15, 0.2) is 0 Å². The van der Waals surface area contributed by atoms with E-state index in [1.54, 1.807) is 11.8 Å². The Morgan fingerprint density at radius 1 is 1.27 bits per heavy atom. The van der Waals surface area contributed by atoms with Crippen LogP contribution in [0.4, 0.5) is 10.5 Å². The molecular formula is C12H17NO2. The summed E-state index contributed by atoms with van der Waals surface area (Å²) in [4.78, 5) is 13.2. The molecule has 0 aliphatic carbocycles. The molecular weight excluding hydrogens is 190 g/mol. The normalized spacial score (nSPS) is 9.80. The van der Waals surface area contributed by atoms with Crippen LogP contribution in [-0.2, 0) is 4.74 Å². The van der Waals surface area contributed by atoms with Gasteiger partial charge in [-0.2, -0.15) is 0 Å². The van der Waals surface area contributed by atoms with Crippen molar-refractivity contribution in [3.8, 4) is 0 Å². The van der Waals surface area contributed by atoms with Crippen molar-refractivity contribution in [1.29, 1.82) is 0 Å². The molecule has 1 amide bonds. The second-order valence-corrected chi connectivity index (χ2v) is 3.28. The fourth-order valence-corrected chi connectivity index (χ4v) is 1.34. The number of benzene rings is 1. The summed E-state index contributed by atoms with van der Waals surface area (Å²) in [6.07, 6.45) is -0.288. The van der Waals surface area contributed by atoms with Gasteiger partial charge in [0.25, 0.3) is 0 Å². The minimum atomic E-state index is -0.288. The standard InChI is InChI=1S/C12H17NO2/c1-4-13(12(14)15-5-2)11-8-6-10(3)7-9-11/h6-9H,4-5H2,1-3H3. The zero-order valence-electron chi connectivity index (χ0n) is 9.49. The van der Waals surface area contributed by atoms with Crippen LogP contribution in [-0.4, -0.2) is 19.2 Å². The molecule has 0 fully saturated rings. The largest absolute Gasteiger partial charge is 0.449 e. The number of nitrogens with zero attached hydrogens (tertiary/aromatic N) is 1. The molecule has 0 saturated heterocycles. The van der Waals surface area contributed by atoms with Crippen LogP contribution in [0.1, 0.15) is 19.4 Å². The number of aryl methyl sites for hydroxylation is 1. The molecule has 1 rings (SSSR count). The lowest BCUT2D eigenvalue weighted by molar-refractivity contribution is 0.160. The van der Waals surface area contributed by atoms with Gasteiger partial charge in [0.05, 0.1) is 6.61 Å². The first-order valence-electron chi connectivity index (χ1n) is 5.20. The average Bonchev–Trinajstić information content (AvgIpc) is 2.22. The monoisotopic (exact) mass is 207 g/mol. The summed E-state index contributed by atoms with van der Waals surface area (Å²) in [7, 11) is 0. The Morgan fingerprint density at radius 3 is 2.33 bits per heavy atom. The number of amides is 1. The van der Waals surface area contributed by atoms with E-state index in [1.165, 1.54) is 5.56 Å². The van der Waals surface area contributed by atoms with E-state index in [2.05, 4.69) is 0 Å². The lowest BCUT2D eigenvalue weighted by atomic mass is 10.2. The molecule has 0 aliphatic heterocycles. The third-order valence-electron chi connectivity index (χ3n) is 2.15. The molecule has 0 heterocycles. The Balaban J connectivity index is 2.82. The molecule has 0 aliphatic rings. The van der Waals surface area contributed by atoms with Gasteiger partial charge in [-0.15, -0.1) is 0 Å². The Kier molecular flexibility index (Phi) is 4.16. The lowest BCUT2D eigenvalue weighted by Gasteiger charge is -2.20. The fraction of sp³-hybridized carbons (Fsp3) is 0.417. The smallest absolute Gasteiger partial charge is 0.414 e. The summed E-state index contributed by atoms with van der Waals surface area (Å²) in [6, 6.07) is 7.82. The van der Waals surface area contributed by atoms with Gasteiger partial charge in [0, 0.05) is 12.2 Å². The molecule has 0 saturated carbocycles. The van der Waals surface area contributed by atoms with Crippen molar-refractivity contribution in [3.05, 3.63) is 29.8 Å². The third kappa shape index (κ3) is 2.98. The number of anilines is 1. The van der Waals surface area contributed by atoms with Crippen molar-refractivity contribution in [2.75, 3.05) is 18.1 Å². The van der Waals surface area contributed by atoms with Crippen molar-refractivity contribution < 1.29 is 9.53 Å². The van der Waals surface area contributed by atoms with Crippen molar-refractivity contribution in [2.45, 2.75) is 20.8 Å². The highest BCUT2D eigenvalue weighted by Gasteiger charge is 2.13. The van der Waals surface area contributed by atoms with E-state index in [4.69, 9.17) is 4.74 Å². The first kappa shape index (κ1) is 11.6. The summed E-state index contributed by atoms with van der Waals surface area (Å²) in [5.74, 6) is 0. The first-order valence-corrected chi connectivity index (χ1v) is 5.20. The number of rotatable bonds is 3. The molecule has 0 radical (unpaired) electrons. The zero-order valence-corrected chi connectivity index (χ0v) is 9.49. The van der Waals surface area contributed by atoms with Crippen LogP contribution in [0.25, 0.3) is 0 Å². The van der Waals surface area contributed by atoms with Gasteiger partial charge in [-0.05, 0) is 32.9 Å². The van der Waals surface area contributed by atoms with Gasteiger partial charge >= 0.3 is 6.09 Å². The van der Waals surface area contributed by atoms with Crippen LogP contribution >= 0.6 is 0 Å². The summed E-state index contributed by atoms with van der Waals surface area (Å²) >= 11 is 0. The summed E-state index contributed by atoms with van der Waals surface area (Å²) in [6.45, 7) is 6.77. The molecule has 15 heavy (non-hydrogen) atoms. The lowest BCUT2D eigenvalue weighted by Crippen LogP contribution is -2.31. The van der Waals surface area contributed by atoms with E-state index in [9.17, 15) is 4.79 Å². The van der Waals surface area contributed by atoms with Crippen molar-refractivity contribution in [2.24, 2.45) is 0 Å². The molecule has 3 heteroatoms. The minimum Gasteiger partial charge on any atom is -0.449 e. The van der Waals surface area contributed by atoms with Crippen LogP contribution in [0.3, 0.4) is 0 Å². The first-order chi connectivity index (χ1) is 7.19. The van der Waals surface area contributed by atoms with Gasteiger partial charge in [-0.25, -0.2) is 4.79 Å². The predicted octanol–water partition coefficient (Wildman–Crippen LogP) is 2.98. The quantitative estimate of drug-likeness (QED) is 0.762. The number of hydrogen-bond acceptors (Lipinski definition) is 2. The maximum Gasteiger partial charge on any atom is 0.414 e. The van der Waals surface area contributed by atoms with E-state index in [0.717, 1.165) is 5.69 Å². The molecule has 0 unspecified atom stereocenters. The number of ether oxygens (including phenoxy) is 1. The molecule has 0 N–H and O–H groups in total. The molecule has 3 nitrogen and oxygen atoms in total. The molecule has 0 bridgehead atoms. The van der Waals surface area contributed by atoms with E-state index >= 15 is 0 Å². The van der Waals surface area contributed by atoms with Crippen LogP contribution in [0.15, 0.2) is 24.3 Å². The topological polar surface area (TPSA) is 29.5 Å². The Morgan fingerprint density at radius 2 is 1.87 bits per heavy atom. The van der Waals surface area contributed by atoms with Gasteiger partial charge in [-0.3, -0.25) is 4.90 Å². The minimum absolute atomic E-state index is 0.288. The highest BCUT2D eigenvalue weighted by atomic mass is 16.6. The summed E-state index contributed by atoms with van der Waals surface area (Å²) in [5.41, 5.74) is 2.06. The van der Waals surface area contributed by atoms with Crippen LogP contribution < -0.4 is 4.90 Å². The van der Waals surface area contributed by atoms with Crippen molar-refractivity contribution >= 4 is 11.8 Å². The van der Waals surface area contributed by atoms with Crippen molar-refractivity contribution in [3.63, 3.8) is 0 Å². The molecule has 0 aromatic heterocycles. The Labute approximate surface area is 90.7 Å². The van der Waals surface area contributed by atoms with Gasteiger partial charge in [-0.1, -0.05) is 17.7 Å². The second-order valence-electron chi connectivity index (χ2n) is 3.28. The fourth-order valence-electron chi connectivity index (χ4n) is 1.34. The third-order valence-corrected chi connectivity index (χ3v) is 2.15. The number of hydrogen-bond donors (Lipinski definition) is 0. The maximum absolute atomic E-state index is 11.6. The van der Waals surface area contributed by atoms with Gasteiger partial charge in [0.2, 0.25) is 0 Å². The Hall–Kier alpha value is -1.51. The maximum atomic E-state index is 11.6. The van der Waals surface area contributed by atoms with E-state index < -0.39 is 0 Å².